The maximum Gasteiger partial charge on any atom is 0.115 e. The first-order valence-electron chi connectivity index (χ1n) is 10.5. The van der Waals surface area contributed by atoms with E-state index in [4.69, 9.17) is 0 Å². The van der Waals surface area contributed by atoms with Crippen molar-refractivity contribution < 1.29 is 10.2 Å². The van der Waals surface area contributed by atoms with Gasteiger partial charge in [-0.3, -0.25) is 4.90 Å². The summed E-state index contributed by atoms with van der Waals surface area (Å²) in [6.07, 6.45) is 5.53. The van der Waals surface area contributed by atoms with Crippen molar-refractivity contribution in [3.05, 3.63) is 70.8 Å². The number of fused-ring (bicyclic) bond motifs is 2. The van der Waals surface area contributed by atoms with Gasteiger partial charge in [-0.2, -0.15) is 0 Å². The molecular weight excluding hydrogens is 346 g/mol. The number of nitrogens with zero attached hydrogens (tertiary/aromatic N) is 1. The fourth-order valence-corrected chi connectivity index (χ4v) is 6.91. The molecule has 0 spiro atoms. The Balaban J connectivity index is 1.47. The van der Waals surface area contributed by atoms with Crippen LogP contribution in [0.2, 0.25) is 0 Å². The highest BCUT2D eigenvalue weighted by molar-refractivity contribution is 5.79. The van der Waals surface area contributed by atoms with Crippen molar-refractivity contribution in [1.82, 2.24) is 4.90 Å². The third kappa shape index (κ3) is 2.07. The zero-order valence-corrected chi connectivity index (χ0v) is 16.4. The fraction of sp³-hybridized carbons (Fsp3) is 0.440. The van der Waals surface area contributed by atoms with Gasteiger partial charge in [0.05, 0.1) is 6.04 Å². The summed E-state index contributed by atoms with van der Waals surface area (Å²) in [5, 5.41) is 19.6. The Morgan fingerprint density at radius 3 is 2.46 bits per heavy atom. The van der Waals surface area contributed by atoms with Crippen LogP contribution < -0.4 is 0 Å². The van der Waals surface area contributed by atoms with E-state index in [-0.39, 0.29) is 17.0 Å². The molecule has 2 aromatic carbocycles. The van der Waals surface area contributed by atoms with Crippen molar-refractivity contribution >= 4 is 5.57 Å². The first kappa shape index (κ1) is 16.8. The molecule has 0 saturated heterocycles. The van der Waals surface area contributed by atoms with Crippen molar-refractivity contribution in [3.8, 4) is 5.75 Å². The second-order valence-electron chi connectivity index (χ2n) is 9.70. The molecule has 2 aromatic rings. The molecule has 2 unspecified atom stereocenters. The lowest BCUT2D eigenvalue weighted by molar-refractivity contribution is -0.253. The maximum absolute atomic E-state index is 9.84. The third-order valence-electron chi connectivity index (χ3n) is 7.90. The highest BCUT2D eigenvalue weighted by atomic mass is 16.3. The highest BCUT2D eigenvalue weighted by Gasteiger charge is 2.71. The van der Waals surface area contributed by atoms with Crippen LogP contribution in [0.5, 0.6) is 5.75 Å². The second-order valence-corrected chi connectivity index (χ2v) is 9.70. The topological polar surface area (TPSA) is 43.7 Å². The molecule has 0 aromatic heterocycles. The van der Waals surface area contributed by atoms with Gasteiger partial charge in [0.1, 0.15) is 5.75 Å². The van der Waals surface area contributed by atoms with Crippen LogP contribution in [0.3, 0.4) is 0 Å². The fourth-order valence-electron chi connectivity index (χ4n) is 6.91. The number of aliphatic hydroxyl groups excluding tert-OH is 1. The summed E-state index contributed by atoms with van der Waals surface area (Å²) in [6.45, 7) is 2.71. The average Bonchev–Trinajstić information content (AvgIpc) is 2.99. The smallest absolute Gasteiger partial charge is 0.115 e. The highest BCUT2D eigenvalue weighted by Crippen LogP contribution is 2.72. The van der Waals surface area contributed by atoms with Crippen LogP contribution in [0, 0.1) is 5.41 Å². The van der Waals surface area contributed by atoms with Crippen LogP contribution in [-0.4, -0.2) is 33.3 Å². The second kappa shape index (κ2) is 5.49. The van der Waals surface area contributed by atoms with E-state index in [1.807, 2.05) is 12.1 Å². The molecule has 3 saturated carbocycles. The maximum atomic E-state index is 9.84. The summed E-state index contributed by atoms with van der Waals surface area (Å²) in [4.78, 5) is 2.78. The molecule has 3 fully saturated rings. The van der Waals surface area contributed by atoms with E-state index in [0.717, 1.165) is 32.1 Å². The lowest BCUT2D eigenvalue weighted by Crippen LogP contribution is -2.77. The lowest BCUT2D eigenvalue weighted by Gasteiger charge is -2.76. The molecule has 7 rings (SSSR count). The summed E-state index contributed by atoms with van der Waals surface area (Å²) >= 11 is 0. The van der Waals surface area contributed by atoms with Gasteiger partial charge in [-0.05, 0) is 84.4 Å². The van der Waals surface area contributed by atoms with Gasteiger partial charge in [-0.25, -0.2) is 0 Å². The lowest BCUT2D eigenvalue weighted by atomic mass is 9.38. The van der Waals surface area contributed by atoms with Crippen LogP contribution in [0.1, 0.15) is 55.3 Å². The number of rotatable bonds is 3. The monoisotopic (exact) mass is 373 g/mol. The molecule has 3 nitrogen and oxygen atoms in total. The van der Waals surface area contributed by atoms with Gasteiger partial charge in [-0.1, -0.05) is 36.4 Å². The van der Waals surface area contributed by atoms with Gasteiger partial charge >= 0.3 is 0 Å². The molecule has 2 N–H and O–H groups in total. The molecule has 144 valence electrons. The molecule has 0 amide bonds. The van der Waals surface area contributed by atoms with Gasteiger partial charge in [0.25, 0.3) is 0 Å². The summed E-state index contributed by atoms with van der Waals surface area (Å²) in [6, 6.07) is 17.5. The minimum Gasteiger partial charge on any atom is -0.508 e. The SMILES string of the molecule is CC1CC2=C(Cc3ccccc32)C(c2ccc(O)cc2)N1C12CC(CO)(C1)C2. The number of hydrogen-bond acceptors (Lipinski definition) is 3. The quantitative estimate of drug-likeness (QED) is 0.835. The van der Waals surface area contributed by atoms with Crippen molar-refractivity contribution in [2.24, 2.45) is 5.41 Å². The summed E-state index contributed by atoms with van der Waals surface area (Å²) in [5.74, 6) is 0.327. The van der Waals surface area contributed by atoms with E-state index in [1.165, 1.54) is 16.7 Å². The Morgan fingerprint density at radius 1 is 1.04 bits per heavy atom. The van der Waals surface area contributed by atoms with Gasteiger partial charge in [0, 0.05) is 18.2 Å². The van der Waals surface area contributed by atoms with E-state index in [1.54, 1.807) is 11.1 Å². The largest absolute Gasteiger partial charge is 0.508 e. The van der Waals surface area contributed by atoms with E-state index in [0.29, 0.717) is 18.4 Å². The van der Waals surface area contributed by atoms with Crippen molar-refractivity contribution in [3.63, 3.8) is 0 Å². The van der Waals surface area contributed by atoms with Crippen LogP contribution in [0.15, 0.2) is 54.1 Å². The summed E-state index contributed by atoms with van der Waals surface area (Å²) in [7, 11) is 0. The number of hydrogen-bond donors (Lipinski definition) is 2. The molecule has 28 heavy (non-hydrogen) atoms. The van der Waals surface area contributed by atoms with E-state index in [9.17, 15) is 10.2 Å². The van der Waals surface area contributed by atoms with Crippen molar-refractivity contribution in [1.29, 1.82) is 0 Å². The van der Waals surface area contributed by atoms with E-state index >= 15 is 0 Å². The molecule has 3 heteroatoms. The minimum atomic E-state index is 0.201. The number of phenols is 1. The van der Waals surface area contributed by atoms with E-state index < -0.39 is 0 Å². The summed E-state index contributed by atoms with van der Waals surface area (Å²) < 4.78 is 0. The predicted octanol–water partition coefficient (Wildman–Crippen LogP) is 4.45. The standard InChI is InChI=1S/C25H27NO2/c1-16-10-21-20-5-3-2-4-18(20)11-22(21)23(17-6-8-19(28)9-7-17)26(16)25-12-24(13-25,14-25)15-27/h2-9,16,23,27-28H,10-15H2,1H3. The van der Waals surface area contributed by atoms with Gasteiger partial charge < -0.3 is 10.2 Å². The molecule has 4 aliphatic carbocycles. The van der Waals surface area contributed by atoms with Crippen LogP contribution in [0.4, 0.5) is 0 Å². The molecule has 2 atom stereocenters. The van der Waals surface area contributed by atoms with Crippen molar-refractivity contribution in [2.75, 3.05) is 6.61 Å². The summed E-state index contributed by atoms with van der Waals surface area (Å²) in [5.41, 5.74) is 7.72. The van der Waals surface area contributed by atoms with Crippen molar-refractivity contribution in [2.45, 2.75) is 56.7 Å². The number of benzene rings is 2. The zero-order chi connectivity index (χ0) is 19.1. The zero-order valence-electron chi connectivity index (χ0n) is 16.4. The molecule has 2 bridgehead atoms. The average molecular weight is 373 g/mol. The normalized spacial score (nSPS) is 35.8. The minimum absolute atomic E-state index is 0.201. The van der Waals surface area contributed by atoms with E-state index in [2.05, 4.69) is 48.2 Å². The Hall–Kier alpha value is -2.10. The van der Waals surface area contributed by atoms with Crippen LogP contribution in [0.25, 0.3) is 5.57 Å². The van der Waals surface area contributed by atoms with Gasteiger partial charge in [0.15, 0.2) is 0 Å². The molecule has 1 aliphatic heterocycles. The van der Waals surface area contributed by atoms with Gasteiger partial charge in [-0.15, -0.1) is 0 Å². The number of aliphatic hydroxyl groups is 1. The Bertz CT molecular complexity index is 970. The molecular formula is C25H27NO2. The Labute approximate surface area is 166 Å². The first-order chi connectivity index (χ1) is 13.5. The first-order valence-corrected chi connectivity index (χ1v) is 10.5. The molecule has 1 heterocycles. The Kier molecular flexibility index (Phi) is 3.30. The van der Waals surface area contributed by atoms with Crippen LogP contribution >= 0.6 is 0 Å². The molecule has 5 aliphatic rings. The third-order valence-corrected chi connectivity index (χ3v) is 7.90. The number of aromatic hydroxyl groups is 1. The molecule has 0 radical (unpaired) electrons. The Morgan fingerprint density at radius 2 is 1.75 bits per heavy atom. The van der Waals surface area contributed by atoms with Crippen LogP contribution in [-0.2, 0) is 6.42 Å². The number of phenolic OH excluding ortho intramolecular Hbond substituents is 1. The predicted molar refractivity (Wildman–Crippen MR) is 110 cm³/mol. The van der Waals surface area contributed by atoms with Gasteiger partial charge in [0.2, 0.25) is 0 Å².